The standard InChI is InChI=1S/C20H39NO10S/c1-3-5-6-7-8-9-10-28-19-18(25)16(23)14(31-19)12-29-20-17(24)15(22)13(30-20)11-21-32(26,27)4-2/h13-25H,3-12H2,1-2H3/t13-,14-,15-,16-,17+,18+,19+,20+/m1/s1. The molecule has 0 aromatic heterocycles. The van der Waals surface area contributed by atoms with Crippen LogP contribution in [0.3, 0.4) is 0 Å². The lowest BCUT2D eigenvalue weighted by molar-refractivity contribution is -0.204. The Morgan fingerprint density at radius 3 is 2.00 bits per heavy atom. The summed E-state index contributed by atoms with van der Waals surface area (Å²) >= 11 is 0. The van der Waals surface area contributed by atoms with E-state index >= 15 is 0 Å². The van der Waals surface area contributed by atoms with Gasteiger partial charge in [-0.1, -0.05) is 39.0 Å². The highest BCUT2D eigenvalue weighted by Gasteiger charge is 2.47. The molecule has 2 aliphatic rings. The van der Waals surface area contributed by atoms with Crippen molar-refractivity contribution in [1.82, 2.24) is 4.72 Å². The molecule has 0 radical (unpaired) electrons. The molecule has 0 amide bonds. The monoisotopic (exact) mass is 485 g/mol. The number of hydrogen-bond acceptors (Lipinski definition) is 10. The third-order valence-corrected chi connectivity index (χ3v) is 7.09. The molecule has 11 nitrogen and oxygen atoms in total. The minimum absolute atomic E-state index is 0.125. The van der Waals surface area contributed by atoms with E-state index in [4.69, 9.17) is 18.9 Å². The van der Waals surface area contributed by atoms with Gasteiger partial charge in [-0.2, -0.15) is 0 Å². The van der Waals surface area contributed by atoms with Gasteiger partial charge in [0.2, 0.25) is 10.0 Å². The number of rotatable bonds is 15. The second kappa shape index (κ2) is 13.5. The van der Waals surface area contributed by atoms with Crippen LogP contribution in [0.4, 0.5) is 0 Å². The van der Waals surface area contributed by atoms with Gasteiger partial charge in [0.05, 0.1) is 12.4 Å². The van der Waals surface area contributed by atoms with Gasteiger partial charge in [0.1, 0.15) is 36.6 Å². The Labute approximate surface area is 190 Å². The van der Waals surface area contributed by atoms with Crippen molar-refractivity contribution in [2.75, 3.05) is 25.5 Å². The van der Waals surface area contributed by atoms with Gasteiger partial charge in [0.25, 0.3) is 0 Å². The maximum absolute atomic E-state index is 11.6. The highest BCUT2D eigenvalue weighted by molar-refractivity contribution is 7.89. The van der Waals surface area contributed by atoms with Gasteiger partial charge in [-0.3, -0.25) is 0 Å². The normalized spacial score (nSPS) is 35.6. The lowest BCUT2D eigenvalue weighted by Gasteiger charge is -2.20. The minimum Gasteiger partial charge on any atom is -0.387 e. The first kappa shape index (κ1) is 27.8. The Bertz CT molecular complexity index is 636. The molecule has 0 saturated carbocycles. The van der Waals surface area contributed by atoms with Crippen LogP contribution in [-0.4, -0.2) is 104 Å². The van der Waals surface area contributed by atoms with Crippen molar-refractivity contribution in [2.24, 2.45) is 0 Å². The fourth-order valence-electron chi connectivity index (χ4n) is 3.59. The van der Waals surface area contributed by atoms with E-state index < -0.39 is 59.2 Å². The number of ether oxygens (including phenoxy) is 4. The number of nitrogens with one attached hydrogen (secondary N) is 1. The van der Waals surface area contributed by atoms with Gasteiger partial charge in [0, 0.05) is 13.2 Å². The van der Waals surface area contributed by atoms with Crippen LogP contribution >= 0.6 is 0 Å². The van der Waals surface area contributed by atoms with Crippen LogP contribution in [0.1, 0.15) is 52.4 Å². The third kappa shape index (κ3) is 8.12. The number of aliphatic hydroxyl groups excluding tert-OH is 4. The third-order valence-electron chi connectivity index (χ3n) is 5.73. The number of hydrogen-bond donors (Lipinski definition) is 5. The summed E-state index contributed by atoms with van der Waals surface area (Å²) in [5.41, 5.74) is 0. The SMILES string of the molecule is CCCCCCCCO[C@H]1O[C@H](CO[C@H]2O[C@H](CNS(=O)(=O)CC)[C@@H](O)[C@@H]2O)[C@@H](O)[C@@H]1O. The van der Waals surface area contributed by atoms with Gasteiger partial charge in [-0.05, 0) is 13.3 Å². The summed E-state index contributed by atoms with van der Waals surface area (Å²) in [5.74, 6) is -0.125. The molecule has 8 atom stereocenters. The molecule has 0 aliphatic carbocycles. The Kier molecular flexibility index (Phi) is 11.7. The zero-order valence-electron chi connectivity index (χ0n) is 18.8. The Morgan fingerprint density at radius 1 is 0.781 bits per heavy atom. The molecular formula is C20H39NO10S. The zero-order valence-corrected chi connectivity index (χ0v) is 19.7. The van der Waals surface area contributed by atoms with Gasteiger partial charge in [0.15, 0.2) is 12.6 Å². The molecular weight excluding hydrogens is 446 g/mol. The van der Waals surface area contributed by atoms with Crippen molar-refractivity contribution in [3.05, 3.63) is 0 Å². The van der Waals surface area contributed by atoms with Crippen molar-refractivity contribution in [2.45, 2.75) is 102 Å². The van der Waals surface area contributed by atoms with E-state index in [2.05, 4.69) is 11.6 Å². The molecule has 0 spiro atoms. The van der Waals surface area contributed by atoms with E-state index in [1.807, 2.05) is 0 Å². The maximum Gasteiger partial charge on any atom is 0.211 e. The average Bonchev–Trinajstić information content (AvgIpc) is 3.20. The van der Waals surface area contributed by atoms with Crippen LogP contribution in [0.2, 0.25) is 0 Å². The molecule has 2 aliphatic heterocycles. The first-order valence-electron chi connectivity index (χ1n) is 11.4. The molecule has 2 saturated heterocycles. The van der Waals surface area contributed by atoms with Crippen molar-refractivity contribution in [1.29, 1.82) is 0 Å². The molecule has 0 unspecified atom stereocenters. The average molecular weight is 486 g/mol. The van der Waals surface area contributed by atoms with Gasteiger partial charge in [-0.15, -0.1) is 0 Å². The summed E-state index contributed by atoms with van der Waals surface area (Å²) < 4.78 is 47.3. The molecule has 2 heterocycles. The smallest absolute Gasteiger partial charge is 0.211 e. The number of aliphatic hydroxyl groups is 4. The van der Waals surface area contributed by atoms with Crippen LogP contribution < -0.4 is 4.72 Å². The highest BCUT2D eigenvalue weighted by atomic mass is 32.2. The second-order valence-electron chi connectivity index (χ2n) is 8.27. The van der Waals surface area contributed by atoms with E-state index in [-0.39, 0.29) is 18.9 Å². The minimum atomic E-state index is -3.48. The summed E-state index contributed by atoms with van der Waals surface area (Å²) in [6.07, 6.45) is -2.82. The fourth-order valence-corrected chi connectivity index (χ4v) is 4.22. The lowest BCUT2D eigenvalue weighted by atomic mass is 10.1. The molecule has 190 valence electrons. The molecule has 12 heteroatoms. The first-order chi connectivity index (χ1) is 15.2. The number of sulfonamides is 1. The van der Waals surface area contributed by atoms with Crippen LogP contribution in [0.5, 0.6) is 0 Å². The van der Waals surface area contributed by atoms with Crippen LogP contribution in [0.15, 0.2) is 0 Å². The topological polar surface area (TPSA) is 164 Å². The van der Waals surface area contributed by atoms with Crippen molar-refractivity contribution < 1.29 is 47.8 Å². The van der Waals surface area contributed by atoms with Crippen molar-refractivity contribution >= 4 is 10.0 Å². The largest absolute Gasteiger partial charge is 0.387 e. The summed E-state index contributed by atoms with van der Waals surface area (Å²) in [5, 5.41) is 40.6. The van der Waals surface area contributed by atoms with Crippen LogP contribution in [0, 0.1) is 0 Å². The van der Waals surface area contributed by atoms with E-state index in [1.54, 1.807) is 0 Å². The Balaban J connectivity index is 1.72. The molecule has 32 heavy (non-hydrogen) atoms. The summed E-state index contributed by atoms with van der Waals surface area (Å²) in [6, 6.07) is 0. The molecule has 2 fully saturated rings. The molecule has 0 bridgehead atoms. The summed E-state index contributed by atoms with van der Waals surface area (Å²) in [7, 11) is -3.48. The lowest BCUT2D eigenvalue weighted by Crippen LogP contribution is -2.40. The fraction of sp³-hybridized carbons (Fsp3) is 1.00. The Morgan fingerprint density at radius 2 is 1.34 bits per heavy atom. The molecule has 2 rings (SSSR count). The van der Waals surface area contributed by atoms with Gasteiger partial charge >= 0.3 is 0 Å². The van der Waals surface area contributed by atoms with Crippen LogP contribution in [0.25, 0.3) is 0 Å². The predicted octanol–water partition coefficient (Wildman–Crippen LogP) is -0.787. The summed E-state index contributed by atoms with van der Waals surface area (Å²) in [6.45, 7) is 3.59. The van der Waals surface area contributed by atoms with Crippen molar-refractivity contribution in [3.8, 4) is 0 Å². The van der Waals surface area contributed by atoms with E-state index in [0.717, 1.165) is 19.3 Å². The van der Waals surface area contributed by atoms with Crippen LogP contribution in [-0.2, 0) is 29.0 Å². The molecule has 5 N–H and O–H groups in total. The van der Waals surface area contributed by atoms with E-state index in [0.29, 0.717) is 6.61 Å². The predicted molar refractivity (Wildman–Crippen MR) is 114 cm³/mol. The Hall–Kier alpha value is -0.410. The van der Waals surface area contributed by atoms with E-state index in [9.17, 15) is 28.8 Å². The molecule has 0 aromatic rings. The second-order valence-corrected chi connectivity index (χ2v) is 10.4. The van der Waals surface area contributed by atoms with Crippen molar-refractivity contribution in [3.63, 3.8) is 0 Å². The summed E-state index contributed by atoms with van der Waals surface area (Å²) in [4.78, 5) is 0. The highest BCUT2D eigenvalue weighted by Crippen LogP contribution is 2.26. The first-order valence-corrected chi connectivity index (χ1v) is 13.1. The van der Waals surface area contributed by atoms with E-state index in [1.165, 1.54) is 26.2 Å². The number of unbranched alkanes of at least 4 members (excludes halogenated alkanes) is 5. The molecule has 0 aromatic carbocycles. The van der Waals surface area contributed by atoms with Gasteiger partial charge < -0.3 is 39.4 Å². The quantitative estimate of drug-likeness (QED) is 0.186. The maximum atomic E-state index is 11.6. The van der Waals surface area contributed by atoms with Gasteiger partial charge in [-0.25, -0.2) is 13.1 Å². The zero-order chi connectivity index (χ0) is 23.7.